The molecule has 5 nitrogen and oxygen atoms in total. The maximum absolute atomic E-state index is 12.2. The Bertz CT molecular complexity index is 689. The molecule has 0 bridgehead atoms. The Labute approximate surface area is 149 Å². The van der Waals surface area contributed by atoms with E-state index in [9.17, 15) is 4.79 Å². The average molecular weight is 338 g/mol. The Morgan fingerprint density at radius 3 is 2.88 bits per heavy atom. The van der Waals surface area contributed by atoms with Crippen LogP contribution in [0.5, 0.6) is 0 Å². The van der Waals surface area contributed by atoms with Crippen LogP contribution in [0, 0.1) is 6.92 Å². The van der Waals surface area contributed by atoms with Gasteiger partial charge in [0.25, 0.3) is 0 Å². The quantitative estimate of drug-likeness (QED) is 0.881. The largest absolute Gasteiger partial charge is 0.369 e. The zero-order chi connectivity index (χ0) is 17.5. The van der Waals surface area contributed by atoms with Crippen LogP contribution >= 0.6 is 0 Å². The Kier molecular flexibility index (Phi) is 5.88. The Morgan fingerprint density at radius 1 is 1.24 bits per heavy atom. The van der Waals surface area contributed by atoms with Gasteiger partial charge >= 0.3 is 6.03 Å². The highest BCUT2D eigenvalue weighted by molar-refractivity contribution is 5.74. The maximum Gasteiger partial charge on any atom is 0.315 e. The molecule has 0 spiro atoms. The monoisotopic (exact) mass is 338 g/mol. The normalized spacial score (nSPS) is 17.2. The van der Waals surface area contributed by atoms with Gasteiger partial charge in [-0.3, -0.25) is 4.98 Å². The number of anilines is 1. The fourth-order valence-corrected chi connectivity index (χ4v) is 3.30. The summed E-state index contributed by atoms with van der Waals surface area (Å²) < 4.78 is 0. The standard InChI is InChI=1S/C20H26N4O/c1-16-17(7-5-12-21-16)11-13-22-20(25)23-18-8-6-14-24(15-18)19-9-3-2-4-10-19/h2-5,7,9-10,12,18H,6,8,11,13-15H2,1H3,(H2,22,23,25). The summed E-state index contributed by atoms with van der Waals surface area (Å²) in [5.41, 5.74) is 3.42. The number of aryl methyl sites for hydroxylation is 1. The van der Waals surface area contributed by atoms with E-state index in [1.807, 2.05) is 19.1 Å². The molecule has 2 amide bonds. The van der Waals surface area contributed by atoms with Crippen molar-refractivity contribution in [2.24, 2.45) is 0 Å². The van der Waals surface area contributed by atoms with E-state index in [0.717, 1.165) is 38.0 Å². The number of hydrogen-bond donors (Lipinski definition) is 2. The molecule has 1 aromatic carbocycles. The summed E-state index contributed by atoms with van der Waals surface area (Å²) >= 11 is 0. The predicted molar refractivity (Wildman–Crippen MR) is 101 cm³/mol. The second-order valence-corrected chi connectivity index (χ2v) is 6.52. The molecular formula is C20H26N4O. The van der Waals surface area contributed by atoms with Gasteiger partial charge in [-0.15, -0.1) is 0 Å². The Balaban J connectivity index is 1.44. The van der Waals surface area contributed by atoms with E-state index in [2.05, 4.69) is 50.8 Å². The average Bonchev–Trinajstić information content (AvgIpc) is 2.64. The zero-order valence-electron chi connectivity index (χ0n) is 14.7. The van der Waals surface area contributed by atoms with E-state index in [4.69, 9.17) is 0 Å². The van der Waals surface area contributed by atoms with Crippen LogP contribution in [0.25, 0.3) is 0 Å². The predicted octanol–water partition coefficient (Wildman–Crippen LogP) is 2.90. The van der Waals surface area contributed by atoms with E-state index < -0.39 is 0 Å². The number of carbonyl (C=O) groups excluding carboxylic acids is 1. The van der Waals surface area contributed by atoms with Crippen molar-refractivity contribution in [2.75, 3.05) is 24.5 Å². The van der Waals surface area contributed by atoms with Gasteiger partial charge in [-0.05, 0) is 49.9 Å². The van der Waals surface area contributed by atoms with Gasteiger partial charge in [0.1, 0.15) is 0 Å². The topological polar surface area (TPSA) is 57.3 Å². The number of carbonyl (C=O) groups is 1. The first-order valence-corrected chi connectivity index (χ1v) is 8.97. The lowest BCUT2D eigenvalue weighted by molar-refractivity contribution is 0.235. The number of hydrogen-bond acceptors (Lipinski definition) is 3. The number of benzene rings is 1. The summed E-state index contributed by atoms with van der Waals surface area (Å²) in [4.78, 5) is 18.8. The summed E-state index contributed by atoms with van der Waals surface area (Å²) in [6.45, 7) is 4.52. The molecule has 1 atom stereocenters. The van der Waals surface area contributed by atoms with Gasteiger partial charge in [0.05, 0.1) is 0 Å². The third kappa shape index (κ3) is 4.95. The van der Waals surface area contributed by atoms with E-state index in [0.29, 0.717) is 6.54 Å². The molecule has 0 saturated carbocycles. The highest BCUT2D eigenvalue weighted by Gasteiger charge is 2.21. The minimum absolute atomic E-state index is 0.0820. The van der Waals surface area contributed by atoms with Crippen LogP contribution < -0.4 is 15.5 Å². The second-order valence-electron chi connectivity index (χ2n) is 6.52. The van der Waals surface area contributed by atoms with E-state index in [1.165, 1.54) is 11.3 Å². The summed E-state index contributed by atoms with van der Waals surface area (Å²) in [7, 11) is 0. The summed E-state index contributed by atoms with van der Waals surface area (Å²) in [5, 5.41) is 6.08. The van der Waals surface area contributed by atoms with Crippen LogP contribution in [-0.4, -0.2) is 36.7 Å². The third-order valence-corrected chi connectivity index (χ3v) is 4.67. The number of aromatic nitrogens is 1. The molecule has 3 rings (SSSR count). The van der Waals surface area contributed by atoms with Crippen molar-refractivity contribution in [3.05, 3.63) is 59.9 Å². The number of nitrogens with one attached hydrogen (secondary N) is 2. The Morgan fingerprint density at radius 2 is 2.08 bits per heavy atom. The molecule has 5 heteroatoms. The number of urea groups is 1. The van der Waals surface area contributed by atoms with Crippen molar-refractivity contribution in [1.82, 2.24) is 15.6 Å². The van der Waals surface area contributed by atoms with E-state index in [-0.39, 0.29) is 12.1 Å². The van der Waals surface area contributed by atoms with E-state index >= 15 is 0 Å². The lowest BCUT2D eigenvalue weighted by atomic mass is 10.1. The number of amides is 2. The molecule has 2 heterocycles. The molecule has 1 aliphatic rings. The first-order valence-electron chi connectivity index (χ1n) is 8.97. The minimum atomic E-state index is -0.0820. The first-order chi connectivity index (χ1) is 12.2. The van der Waals surface area contributed by atoms with Crippen molar-refractivity contribution < 1.29 is 4.79 Å². The number of pyridine rings is 1. The van der Waals surface area contributed by atoms with Crippen molar-refractivity contribution in [3.63, 3.8) is 0 Å². The highest BCUT2D eigenvalue weighted by atomic mass is 16.2. The van der Waals surface area contributed by atoms with Crippen molar-refractivity contribution >= 4 is 11.7 Å². The summed E-state index contributed by atoms with van der Waals surface area (Å²) in [5.74, 6) is 0. The van der Waals surface area contributed by atoms with Crippen molar-refractivity contribution in [1.29, 1.82) is 0 Å². The van der Waals surface area contributed by atoms with Crippen LogP contribution in [0.2, 0.25) is 0 Å². The SMILES string of the molecule is Cc1ncccc1CCNC(=O)NC1CCCN(c2ccccc2)C1. The maximum atomic E-state index is 12.2. The van der Waals surface area contributed by atoms with Gasteiger partial charge in [0.15, 0.2) is 0 Å². The van der Waals surface area contributed by atoms with Crippen molar-refractivity contribution in [3.8, 4) is 0 Å². The smallest absolute Gasteiger partial charge is 0.315 e. The molecule has 132 valence electrons. The zero-order valence-corrected chi connectivity index (χ0v) is 14.7. The van der Waals surface area contributed by atoms with Crippen LogP contribution in [-0.2, 0) is 6.42 Å². The number of rotatable bonds is 5. The molecule has 2 N–H and O–H groups in total. The molecule has 1 fully saturated rings. The lowest BCUT2D eigenvalue weighted by Gasteiger charge is -2.34. The van der Waals surface area contributed by atoms with Gasteiger partial charge in [-0.25, -0.2) is 4.79 Å². The molecule has 1 aliphatic heterocycles. The van der Waals surface area contributed by atoms with Crippen LogP contribution in [0.4, 0.5) is 10.5 Å². The fraction of sp³-hybridized carbons (Fsp3) is 0.400. The summed E-state index contributed by atoms with van der Waals surface area (Å²) in [6, 6.07) is 14.5. The van der Waals surface area contributed by atoms with Crippen LogP contribution in [0.15, 0.2) is 48.7 Å². The number of para-hydroxylation sites is 1. The second kappa shape index (κ2) is 8.51. The van der Waals surface area contributed by atoms with Gasteiger partial charge in [0, 0.05) is 43.3 Å². The number of piperidine rings is 1. The molecule has 2 aromatic rings. The number of nitrogens with zero attached hydrogens (tertiary/aromatic N) is 2. The highest BCUT2D eigenvalue weighted by Crippen LogP contribution is 2.19. The van der Waals surface area contributed by atoms with Gasteiger partial charge < -0.3 is 15.5 Å². The van der Waals surface area contributed by atoms with Crippen LogP contribution in [0.1, 0.15) is 24.1 Å². The van der Waals surface area contributed by atoms with Crippen LogP contribution in [0.3, 0.4) is 0 Å². The third-order valence-electron chi connectivity index (χ3n) is 4.67. The van der Waals surface area contributed by atoms with Crippen molar-refractivity contribution in [2.45, 2.75) is 32.2 Å². The molecule has 1 aromatic heterocycles. The van der Waals surface area contributed by atoms with Gasteiger partial charge in [-0.2, -0.15) is 0 Å². The molecule has 1 unspecified atom stereocenters. The first kappa shape index (κ1) is 17.3. The molecule has 0 aliphatic carbocycles. The van der Waals surface area contributed by atoms with Gasteiger partial charge in [0.2, 0.25) is 0 Å². The molecule has 25 heavy (non-hydrogen) atoms. The summed E-state index contributed by atoms with van der Waals surface area (Å²) in [6.07, 6.45) is 4.71. The lowest BCUT2D eigenvalue weighted by Crippen LogP contribution is -2.50. The van der Waals surface area contributed by atoms with Gasteiger partial charge in [-0.1, -0.05) is 24.3 Å². The minimum Gasteiger partial charge on any atom is -0.369 e. The molecule has 0 radical (unpaired) electrons. The van der Waals surface area contributed by atoms with E-state index in [1.54, 1.807) is 6.20 Å². The fourth-order valence-electron chi connectivity index (χ4n) is 3.30. The Hall–Kier alpha value is -2.56. The molecule has 1 saturated heterocycles. The molecular weight excluding hydrogens is 312 g/mol.